The van der Waals surface area contributed by atoms with Crippen LogP contribution in [0.2, 0.25) is 0 Å². The molecule has 1 atom stereocenters. The SMILES string of the molecule is CCC(C)c1nc(N(C)Cc2nccn2C)sc1CNC. The second-order valence-electron chi connectivity index (χ2n) is 5.45. The van der Waals surface area contributed by atoms with E-state index in [2.05, 4.69) is 36.1 Å². The molecule has 5 nitrogen and oxygen atoms in total. The van der Waals surface area contributed by atoms with Crippen LogP contribution in [0.15, 0.2) is 12.4 Å². The van der Waals surface area contributed by atoms with Crippen molar-refractivity contribution in [3.05, 3.63) is 28.8 Å². The first-order chi connectivity index (χ1) is 10.1. The lowest BCUT2D eigenvalue weighted by atomic mass is 10.0. The van der Waals surface area contributed by atoms with Gasteiger partial charge in [-0.2, -0.15) is 0 Å². The molecule has 0 saturated heterocycles. The number of rotatable bonds is 7. The zero-order chi connectivity index (χ0) is 15.4. The first kappa shape index (κ1) is 16.0. The molecule has 2 heterocycles. The highest BCUT2D eigenvalue weighted by Crippen LogP contribution is 2.32. The van der Waals surface area contributed by atoms with Crippen LogP contribution < -0.4 is 10.2 Å². The van der Waals surface area contributed by atoms with Crippen molar-refractivity contribution in [3.8, 4) is 0 Å². The van der Waals surface area contributed by atoms with Crippen molar-refractivity contribution in [3.63, 3.8) is 0 Å². The number of aromatic nitrogens is 3. The van der Waals surface area contributed by atoms with Crippen LogP contribution in [0.5, 0.6) is 0 Å². The zero-order valence-corrected chi connectivity index (χ0v) is 14.4. The Kier molecular flexibility index (Phi) is 5.36. The van der Waals surface area contributed by atoms with E-state index in [0.29, 0.717) is 5.92 Å². The van der Waals surface area contributed by atoms with E-state index in [4.69, 9.17) is 4.98 Å². The maximum absolute atomic E-state index is 4.88. The third kappa shape index (κ3) is 3.63. The molecule has 1 N–H and O–H groups in total. The monoisotopic (exact) mass is 307 g/mol. The van der Waals surface area contributed by atoms with Gasteiger partial charge in [0, 0.05) is 37.9 Å². The van der Waals surface area contributed by atoms with Gasteiger partial charge in [-0.25, -0.2) is 9.97 Å². The van der Waals surface area contributed by atoms with Gasteiger partial charge in [0.15, 0.2) is 5.13 Å². The minimum Gasteiger partial charge on any atom is -0.344 e. The predicted octanol–water partition coefficient (Wildman–Crippen LogP) is 2.75. The van der Waals surface area contributed by atoms with Crippen molar-refractivity contribution in [1.82, 2.24) is 19.9 Å². The molecule has 6 heteroatoms. The summed E-state index contributed by atoms with van der Waals surface area (Å²) in [7, 11) is 6.09. The van der Waals surface area contributed by atoms with Crippen LogP contribution in [0, 0.1) is 0 Å². The van der Waals surface area contributed by atoms with Crippen molar-refractivity contribution >= 4 is 16.5 Å². The molecule has 0 fully saturated rings. The van der Waals surface area contributed by atoms with Crippen LogP contribution >= 0.6 is 11.3 Å². The Labute approximate surface area is 131 Å². The molecule has 1 unspecified atom stereocenters. The van der Waals surface area contributed by atoms with Crippen LogP contribution in [0.3, 0.4) is 0 Å². The van der Waals surface area contributed by atoms with Crippen LogP contribution in [-0.4, -0.2) is 28.6 Å². The molecular formula is C15H25N5S. The van der Waals surface area contributed by atoms with Gasteiger partial charge in [0.2, 0.25) is 0 Å². The van der Waals surface area contributed by atoms with E-state index in [1.165, 1.54) is 10.6 Å². The minimum atomic E-state index is 0.500. The number of hydrogen-bond acceptors (Lipinski definition) is 5. The summed E-state index contributed by atoms with van der Waals surface area (Å²) in [5.41, 5.74) is 1.23. The van der Waals surface area contributed by atoms with Gasteiger partial charge < -0.3 is 14.8 Å². The summed E-state index contributed by atoms with van der Waals surface area (Å²) >= 11 is 1.78. The fraction of sp³-hybridized carbons (Fsp3) is 0.600. The summed E-state index contributed by atoms with van der Waals surface area (Å²) in [4.78, 5) is 12.8. The highest BCUT2D eigenvalue weighted by atomic mass is 32.1. The van der Waals surface area contributed by atoms with E-state index in [9.17, 15) is 0 Å². The Hall–Kier alpha value is -1.40. The molecule has 0 amide bonds. The van der Waals surface area contributed by atoms with Gasteiger partial charge >= 0.3 is 0 Å². The van der Waals surface area contributed by atoms with Crippen LogP contribution in [-0.2, 0) is 20.1 Å². The van der Waals surface area contributed by atoms with E-state index in [-0.39, 0.29) is 0 Å². The standard InChI is InChI=1S/C15H25N5S/c1-6-11(2)14-12(9-16-3)21-15(18-14)20(5)10-13-17-7-8-19(13)4/h7-8,11,16H,6,9-10H2,1-5H3. The molecule has 0 saturated carbocycles. The van der Waals surface area contributed by atoms with Crippen molar-refractivity contribution < 1.29 is 0 Å². The molecule has 2 aromatic rings. The summed E-state index contributed by atoms with van der Waals surface area (Å²) < 4.78 is 2.05. The number of anilines is 1. The number of imidazole rings is 1. The molecular weight excluding hydrogens is 282 g/mol. The highest BCUT2D eigenvalue weighted by molar-refractivity contribution is 7.15. The van der Waals surface area contributed by atoms with E-state index in [1.807, 2.05) is 31.1 Å². The maximum Gasteiger partial charge on any atom is 0.185 e. The van der Waals surface area contributed by atoms with Crippen LogP contribution in [0.1, 0.15) is 42.6 Å². The largest absolute Gasteiger partial charge is 0.344 e. The Balaban J connectivity index is 2.20. The molecule has 0 spiro atoms. The maximum atomic E-state index is 4.88. The van der Waals surface area contributed by atoms with Crippen molar-refractivity contribution in [2.75, 3.05) is 19.0 Å². The second-order valence-corrected chi connectivity index (χ2v) is 6.52. The number of aryl methyl sites for hydroxylation is 1. The molecule has 2 aromatic heterocycles. The number of thiazole rings is 1. The van der Waals surface area contributed by atoms with Gasteiger partial charge in [0.1, 0.15) is 5.82 Å². The van der Waals surface area contributed by atoms with Gasteiger partial charge in [0.05, 0.1) is 12.2 Å². The van der Waals surface area contributed by atoms with E-state index >= 15 is 0 Å². The van der Waals surface area contributed by atoms with Gasteiger partial charge in [-0.15, -0.1) is 11.3 Å². The summed E-state index contributed by atoms with van der Waals surface area (Å²) in [5.74, 6) is 1.55. The summed E-state index contributed by atoms with van der Waals surface area (Å²) in [6.45, 7) is 6.12. The van der Waals surface area contributed by atoms with Crippen LogP contribution in [0.25, 0.3) is 0 Å². The average molecular weight is 307 g/mol. The first-order valence-corrected chi connectivity index (χ1v) is 8.20. The summed E-state index contributed by atoms with van der Waals surface area (Å²) in [6, 6.07) is 0. The lowest BCUT2D eigenvalue weighted by Crippen LogP contribution is -2.18. The third-order valence-electron chi connectivity index (χ3n) is 3.76. The smallest absolute Gasteiger partial charge is 0.185 e. The van der Waals surface area contributed by atoms with Crippen LogP contribution in [0.4, 0.5) is 5.13 Å². The van der Waals surface area contributed by atoms with Crippen molar-refractivity contribution in [1.29, 1.82) is 0 Å². The number of nitrogens with one attached hydrogen (secondary N) is 1. The Morgan fingerprint density at radius 2 is 2.24 bits per heavy atom. The summed E-state index contributed by atoms with van der Waals surface area (Å²) in [5, 5.41) is 4.31. The van der Waals surface area contributed by atoms with E-state index < -0.39 is 0 Å². The van der Waals surface area contributed by atoms with E-state index in [1.54, 1.807) is 11.3 Å². The molecule has 0 aliphatic rings. The van der Waals surface area contributed by atoms with Crippen molar-refractivity contribution in [2.24, 2.45) is 7.05 Å². The Morgan fingerprint density at radius 3 is 2.81 bits per heavy atom. The molecule has 0 bridgehead atoms. The fourth-order valence-corrected chi connectivity index (χ4v) is 3.36. The average Bonchev–Trinajstić information content (AvgIpc) is 3.06. The topological polar surface area (TPSA) is 46.0 Å². The van der Waals surface area contributed by atoms with Gasteiger partial charge in [-0.1, -0.05) is 13.8 Å². The van der Waals surface area contributed by atoms with Crippen molar-refractivity contribution in [2.45, 2.75) is 39.3 Å². The molecule has 0 radical (unpaired) electrons. The number of nitrogens with zero attached hydrogens (tertiary/aromatic N) is 4. The Bertz CT molecular complexity index is 574. The zero-order valence-electron chi connectivity index (χ0n) is 13.6. The lowest BCUT2D eigenvalue weighted by Gasteiger charge is -2.15. The quantitative estimate of drug-likeness (QED) is 0.854. The third-order valence-corrected chi connectivity index (χ3v) is 4.94. The number of hydrogen-bond donors (Lipinski definition) is 1. The van der Waals surface area contributed by atoms with E-state index in [0.717, 1.165) is 30.5 Å². The fourth-order valence-electron chi connectivity index (χ4n) is 2.21. The highest BCUT2D eigenvalue weighted by Gasteiger charge is 2.18. The molecule has 116 valence electrons. The molecule has 2 rings (SSSR count). The molecule has 0 aliphatic heterocycles. The Morgan fingerprint density at radius 1 is 1.48 bits per heavy atom. The first-order valence-electron chi connectivity index (χ1n) is 7.38. The van der Waals surface area contributed by atoms with Gasteiger partial charge in [0.25, 0.3) is 0 Å². The van der Waals surface area contributed by atoms with Gasteiger partial charge in [-0.05, 0) is 19.4 Å². The minimum absolute atomic E-state index is 0.500. The van der Waals surface area contributed by atoms with Gasteiger partial charge in [-0.3, -0.25) is 0 Å². The molecule has 0 aliphatic carbocycles. The predicted molar refractivity (Wildman–Crippen MR) is 88.9 cm³/mol. The lowest BCUT2D eigenvalue weighted by molar-refractivity contribution is 0.690. The molecule has 21 heavy (non-hydrogen) atoms. The second kappa shape index (κ2) is 7.04. The normalized spacial score (nSPS) is 12.6. The molecule has 0 aromatic carbocycles. The summed E-state index contributed by atoms with van der Waals surface area (Å²) in [6.07, 6.45) is 4.92.